The first kappa shape index (κ1) is 48.1. The number of benzene rings is 2. The number of aryl methyl sites for hydroxylation is 1. The summed E-state index contributed by atoms with van der Waals surface area (Å²) in [6, 6.07) is 17.6. The number of nitrogens with two attached hydrogens (primary N) is 1. The summed E-state index contributed by atoms with van der Waals surface area (Å²) < 4.78 is 21.0. The van der Waals surface area contributed by atoms with Crippen LogP contribution in [0.2, 0.25) is 0 Å². The number of rotatable bonds is 14. The van der Waals surface area contributed by atoms with Crippen LogP contribution in [0.4, 0.5) is 4.39 Å². The van der Waals surface area contributed by atoms with Gasteiger partial charge >= 0.3 is 35.5 Å². The molecule has 2 amide bonds. The van der Waals surface area contributed by atoms with Gasteiger partial charge in [-0.2, -0.15) is 6.07 Å². The molecule has 324 valence electrons. The van der Waals surface area contributed by atoms with Crippen molar-refractivity contribution in [3.05, 3.63) is 123 Å². The van der Waals surface area contributed by atoms with E-state index in [1.807, 2.05) is 32.0 Å². The quantitative estimate of drug-likeness (QED) is 0.0513. The molecule has 3 unspecified atom stereocenters. The van der Waals surface area contributed by atoms with Gasteiger partial charge < -0.3 is 41.4 Å². The van der Waals surface area contributed by atoms with Crippen LogP contribution in [-0.4, -0.2) is 83.2 Å². The number of cyclic esters (lactones) is 1. The van der Waals surface area contributed by atoms with Gasteiger partial charge in [0.15, 0.2) is 6.10 Å². The summed E-state index contributed by atoms with van der Waals surface area (Å²) in [6.07, 6.45) is 0.593. The molecule has 14 nitrogen and oxygen atoms in total. The zero-order chi connectivity index (χ0) is 43.8. The second kappa shape index (κ2) is 21.9. The minimum Gasteiger partial charge on any atom is -0.458 e. The number of nitrogens with one attached hydrogen (secondary N) is 4. The normalized spacial score (nSPS) is 18.9. The number of nitrogens with zero attached hydrogens (tertiary/aromatic N) is 3. The molecule has 4 aliphatic heterocycles. The van der Waals surface area contributed by atoms with Gasteiger partial charge in [0.05, 0.1) is 49.7 Å². The third-order valence-electron chi connectivity index (χ3n) is 11.6. The summed E-state index contributed by atoms with van der Waals surface area (Å²) >= 11 is 0. The zero-order valence-electron chi connectivity index (χ0n) is 36.1. The van der Waals surface area contributed by atoms with Crippen molar-refractivity contribution >= 4 is 28.7 Å². The van der Waals surface area contributed by atoms with Crippen molar-refractivity contribution < 1.29 is 58.2 Å². The van der Waals surface area contributed by atoms with Crippen molar-refractivity contribution in [2.75, 3.05) is 45.8 Å². The van der Waals surface area contributed by atoms with Crippen LogP contribution in [0.25, 0.3) is 22.3 Å². The van der Waals surface area contributed by atoms with E-state index in [1.165, 1.54) is 11.6 Å². The number of hydrogen-bond acceptors (Lipinski definition) is 11. The molecule has 0 radical (unpaired) electrons. The van der Waals surface area contributed by atoms with Crippen LogP contribution in [0, 0.1) is 36.6 Å². The Hall–Kier alpha value is -4.90. The molecule has 3 fully saturated rings. The van der Waals surface area contributed by atoms with Crippen molar-refractivity contribution in [1.82, 2.24) is 35.7 Å². The number of carbonyl (C=O) groups excluding carboxylic acids is 3. The van der Waals surface area contributed by atoms with Crippen molar-refractivity contribution in [1.29, 1.82) is 0 Å². The number of aromatic nitrogens is 2. The second-order valence-corrected chi connectivity index (χ2v) is 15.7. The predicted octanol–water partition coefficient (Wildman–Crippen LogP) is 0.336. The summed E-state index contributed by atoms with van der Waals surface area (Å²) in [5, 5.41) is 22.9. The number of hydrogen-bond donors (Lipinski definition) is 6. The summed E-state index contributed by atoms with van der Waals surface area (Å²) in [5.74, 6) is -0.241. The summed E-state index contributed by atoms with van der Waals surface area (Å²) in [4.78, 5) is 56.3. The van der Waals surface area contributed by atoms with Gasteiger partial charge in [-0.3, -0.25) is 24.3 Å². The third kappa shape index (κ3) is 11.2. The van der Waals surface area contributed by atoms with E-state index >= 15 is 0 Å². The monoisotopic (exact) mass is 858 g/mol. The number of piperidine rings is 2. The SMILES string of the molecule is C=C(CNC(=O)CN)NCC(=O)NCC(=C)NCCC1C2CC1CN(Cc1c3c(nc4cc(F)[c-]cc14)-c1cc4c(c(=O)n1C3)COC(=O)C4O)C2.CC.Cc1ccccc1.[Na+]. The fraction of sp³-hybridized carbons (Fsp3) is 0.413. The van der Waals surface area contributed by atoms with E-state index in [0.717, 1.165) is 54.7 Å². The fourth-order valence-corrected chi connectivity index (χ4v) is 8.54. The van der Waals surface area contributed by atoms with Crippen LogP contribution in [0.1, 0.15) is 60.6 Å². The van der Waals surface area contributed by atoms with Crippen LogP contribution in [0.15, 0.2) is 77.9 Å². The maximum atomic E-state index is 14.4. The van der Waals surface area contributed by atoms with Crippen LogP contribution >= 0.6 is 0 Å². The van der Waals surface area contributed by atoms with Gasteiger partial charge in [0, 0.05) is 49.0 Å². The Kier molecular flexibility index (Phi) is 17.0. The molecule has 16 heteroatoms. The minimum atomic E-state index is -1.55. The first-order chi connectivity index (χ1) is 29.4. The Balaban J connectivity index is 0.000000654. The van der Waals surface area contributed by atoms with E-state index < -0.39 is 17.9 Å². The molecular weight excluding hydrogens is 803 g/mol. The number of ether oxygens (including phenoxy) is 1. The minimum absolute atomic E-state index is 0. The molecule has 62 heavy (non-hydrogen) atoms. The average Bonchev–Trinajstić information content (AvgIpc) is 3.63. The van der Waals surface area contributed by atoms with Crippen LogP contribution in [0.3, 0.4) is 0 Å². The zero-order valence-corrected chi connectivity index (χ0v) is 38.1. The smallest absolute Gasteiger partial charge is 0.458 e. The molecule has 1 saturated carbocycles. The third-order valence-corrected chi connectivity index (χ3v) is 11.6. The van der Waals surface area contributed by atoms with Crippen molar-refractivity contribution in [2.24, 2.45) is 23.5 Å². The van der Waals surface area contributed by atoms with Gasteiger partial charge in [-0.25, -0.2) is 9.18 Å². The van der Waals surface area contributed by atoms with Gasteiger partial charge in [-0.15, -0.1) is 17.5 Å². The number of amides is 2. The molecule has 5 aliphatic rings. The number of aliphatic hydroxyl groups is 1. The summed E-state index contributed by atoms with van der Waals surface area (Å²) in [6.45, 7) is 17.5. The Morgan fingerprint density at radius 3 is 2.32 bits per heavy atom. The molecule has 2 aromatic carbocycles. The Morgan fingerprint density at radius 2 is 1.66 bits per heavy atom. The maximum Gasteiger partial charge on any atom is 1.00 e. The Bertz CT molecular complexity index is 2350. The Labute approximate surface area is 383 Å². The number of fused-ring (bicyclic) bond motifs is 7. The molecule has 7 N–H and O–H groups in total. The topological polar surface area (TPSA) is 193 Å². The number of esters is 1. The largest absolute Gasteiger partial charge is 1.00 e. The average molecular weight is 859 g/mol. The van der Waals surface area contributed by atoms with Gasteiger partial charge in [0.2, 0.25) is 11.8 Å². The summed E-state index contributed by atoms with van der Waals surface area (Å²) in [7, 11) is 0. The van der Waals surface area contributed by atoms with Gasteiger partial charge in [-0.1, -0.05) is 68.5 Å². The Morgan fingerprint density at radius 1 is 0.984 bits per heavy atom. The molecule has 2 saturated heterocycles. The first-order valence-electron chi connectivity index (χ1n) is 20.8. The molecule has 3 atom stereocenters. The summed E-state index contributed by atoms with van der Waals surface area (Å²) in [5.41, 5.74) is 11.3. The molecule has 1 aliphatic carbocycles. The number of halogens is 1. The van der Waals surface area contributed by atoms with Crippen molar-refractivity contribution in [3.8, 4) is 11.4 Å². The molecule has 9 rings (SSSR count). The van der Waals surface area contributed by atoms with Crippen molar-refractivity contribution in [2.45, 2.75) is 59.4 Å². The van der Waals surface area contributed by atoms with Crippen LogP contribution < -0.4 is 62.1 Å². The van der Waals surface area contributed by atoms with Gasteiger partial charge in [0.25, 0.3) is 5.56 Å². The van der Waals surface area contributed by atoms with Crippen LogP contribution in [0.5, 0.6) is 0 Å². The number of aliphatic hydroxyl groups excluding tert-OH is 1. The molecule has 4 aromatic rings. The molecular formula is C46H56FN8NaO6. The fourth-order valence-electron chi connectivity index (χ4n) is 8.54. The first-order valence-corrected chi connectivity index (χ1v) is 20.8. The van der Waals surface area contributed by atoms with Crippen LogP contribution in [-0.2, 0) is 38.8 Å². The maximum absolute atomic E-state index is 14.4. The van der Waals surface area contributed by atoms with E-state index in [2.05, 4.69) is 64.4 Å². The second-order valence-electron chi connectivity index (χ2n) is 15.7. The molecule has 0 spiro atoms. The molecule has 6 heterocycles. The standard InChI is InChI=1S/C37H42FN8O6.C7H8.C2H6.Na/c1-19(11-43-33(48)13-41-20(2)12-42-32(47)10-39)40-6-5-24-21-7-22(24)15-45(14-21)16-27-25-4-3-23(38)8-30(25)44-34-28(27)17-46-31(34)9-26-29(36(46)50)18-52-37(51)35(26)49;1-7-5-3-2-4-6-7;1-2;/h4,8-9,21-22,24,35,40-41,49H,1-2,5-7,10-18,39H2,(H,42,47)(H,43,48);2-6H,1H3;1-2H3;/q-1;;;+1. The van der Waals surface area contributed by atoms with E-state index in [1.54, 1.807) is 16.7 Å². The molecule has 2 bridgehead atoms. The van der Waals surface area contributed by atoms with E-state index in [0.29, 0.717) is 53.4 Å². The van der Waals surface area contributed by atoms with E-state index in [9.17, 15) is 28.7 Å². The predicted molar refractivity (Wildman–Crippen MR) is 231 cm³/mol. The van der Waals surface area contributed by atoms with Gasteiger partial charge in [-0.05, 0) is 54.7 Å². The van der Waals surface area contributed by atoms with Crippen molar-refractivity contribution in [3.63, 3.8) is 0 Å². The number of pyridine rings is 2. The van der Waals surface area contributed by atoms with E-state index in [-0.39, 0.29) is 90.8 Å². The number of carbonyl (C=O) groups is 3. The van der Waals surface area contributed by atoms with E-state index in [4.69, 9.17) is 15.5 Å². The van der Waals surface area contributed by atoms with Gasteiger partial charge in [0.1, 0.15) is 6.61 Å². The molecule has 2 aromatic heterocycles.